The quantitative estimate of drug-likeness (QED) is 0.736. The van der Waals surface area contributed by atoms with Gasteiger partial charge in [0.25, 0.3) is 5.91 Å². The Morgan fingerprint density at radius 2 is 2.00 bits per heavy atom. The number of hydrogen-bond acceptors (Lipinski definition) is 5. The molecule has 1 heterocycles. The van der Waals surface area contributed by atoms with Crippen molar-refractivity contribution in [1.82, 2.24) is 9.21 Å². The third-order valence-electron chi connectivity index (χ3n) is 4.24. The van der Waals surface area contributed by atoms with Crippen molar-refractivity contribution in [2.45, 2.75) is 37.1 Å². The van der Waals surface area contributed by atoms with Crippen molar-refractivity contribution in [2.75, 3.05) is 27.2 Å². The van der Waals surface area contributed by atoms with Gasteiger partial charge in [-0.1, -0.05) is 12.5 Å². The van der Waals surface area contributed by atoms with Crippen molar-refractivity contribution < 1.29 is 22.7 Å². The van der Waals surface area contributed by atoms with E-state index in [4.69, 9.17) is 4.74 Å². The highest BCUT2D eigenvalue weighted by molar-refractivity contribution is 7.89. The maximum absolute atomic E-state index is 12.8. The number of sulfonamides is 1. The second-order valence-corrected chi connectivity index (χ2v) is 8.24. The molecular weight excluding hydrogens is 344 g/mol. The summed E-state index contributed by atoms with van der Waals surface area (Å²) in [6.45, 7) is 1.99. The van der Waals surface area contributed by atoms with Gasteiger partial charge in [-0.15, -0.1) is 0 Å². The summed E-state index contributed by atoms with van der Waals surface area (Å²) < 4.78 is 32.1. The van der Waals surface area contributed by atoms with Crippen LogP contribution in [-0.2, 0) is 19.6 Å². The van der Waals surface area contributed by atoms with Crippen molar-refractivity contribution in [1.29, 1.82) is 0 Å². The van der Waals surface area contributed by atoms with Gasteiger partial charge < -0.3 is 9.64 Å². The Morgan fingerprint density at radius 3 is 2.64 bits per heavy atom. The molecule has 1 aromatic rings. The van der Waals surface area contributed by atoms with Crippen LogP contribution in [0.2, 0.25) is 0 Å². The Kier molecular flexibility index (Phi) is 6.18. The van der Waals surface area contributed by atoms with Crippen molar-refractivity contribution in [3.8, 4) is 0 Å². The van der Waals surface area contributed by atoms with Gasteiger partial charge in [-0.05, 0) is 38.0 Å². The first-order valence-corrected chi connectivity index (χ1v) is 9.66. The van der Waals surface area contributed by atoms with Gasteiger partial charge in [-0.2, -0.15) is 4.31 Å². The van der Waals surface area contributed by atoms with Gasteiger partial charge in [-0.25, -0.2) is 13.2 Å². The lowest BCUT2D eigenvalue weighted by molar-refractivity contribution is -0.131. The molecule has 1 saturated heterocycles. The van der Waals surface area contributed by atoms with Crippen LogP contribution in [0.25, 0.3) is 0 Å². The van der Waals surface area contributed by atoms with E-state index in [9.17, 15) is 18.0 Å². The first kappa shape index (κ1) is 19.4. The van der Waals surface area contributed by atoms with Crippen molar-refractivity contribution in [2.24, 2.45) is 0 Å². The molecule has 0 radical (unpaired) electrons. The maximum atomic E-state index is 12.8. The first-order chi connectivity index (χ1) is 11.7. The average Bonchev–Trinajstić information content (AvgIpc) is 2.59. The highest BCUT2D eigenvalue weighted by Gasteiger charge is 2.31. The number of carbonyl (C=O) groups is 2. The Balaban J connectivity index is 2.17. The van der Waals surface area contributed by atoms with Crippen molar-refractivity contribution in [3.05, 3.63) is 29.8 Å². The van der Waals surface area contributed by atoms with E-state index in [2.05, 4.69) is 0 Å². The van der Waals surface area contributed by atoms with E-state index in [0.29, 0.717) is 6.54 Å². The summed E-state index contributed by atoms with van der Waals surface area (Å²) in [7, 11) is -0.544. The van der Waals surface area contributed by atoms with E-state index in [1.165, 1.54) is 33.5 Å². The minimum atomic E-state index is -3.66. The number of ether oxygens (including phenoxy) is 1. The molecule has 1 aromatic carbocycles. The molecule has 0 saturated carbocycles. The third-order valence-corrected chi connectivity index (χ3v) is 6.25. The van der Waals surface area contributed by atoms with E-state index >= 15 is 0 Å². The largest absolute Gasteiger partial charge is 0.452 e. The Bertz CT molecular complexity index is 745. The lowest BCUT2D eigenvalue weighted by Gasteiger charge is -2.32. The van der Waals surface area contributed by atoms with E-state index in [1.54, 1.807) is 14.1 Å². The van der Waals surface area contributed by atoms with Crippen LogP contribution in [-0.4, -0.2) is 62.8 Å². The summed E-state index contributed by atoms with van der Waals surface area (Å²) in [6, 6.07) is 5.69. The number of nitrogens with zero attached hydrogens (tertiary/aromatic N) is 2. The second kappa shape index (κ2) is 7.97. The molecule has 1 fully saturated rings. The molecule has 1 atom stereocenters. The zero-order chi connectivity index (χ0) is 18.6. The van der Waals surface area contributed by atoms with E-state index in [0.717, 1.165) is 19.3 Å². The fourth-order valence-electron chi connectivity index (χ4n) is 2.69. The molecule has 0 unspecified atom stereocenters. The van der Waals surface area contributed by atoms with Crippen LogP contribution in [0.1, 0.15) is 36.5 Å². The summed E-state index contributed by atoms with van der Waals surface area (Å²) in [5.74, 6) is -1.07. The summed E-state index contributed by atoms with van der Waals surface area (Å²) in [4.78, 5) is 25.0. The van der Waals surface area contributed by atoms with Crippen LogP contribution >= 0.6 is 0 Å². The Morgan fingerprint density at radius 1 is 1.28 bits per heavy atom. The normalized spacial score (nSPS) is 18.6. The number of esters is 1. The standard InChI is InChI=1S/C17H24N2O5S/c1-13-7-4-5-10-19(13)25(22,23)15-9-6-8-14(11-15)17(21)24-12-16(20)18(2)3/h6,8-9,11,13H,4-5,7,10,12H2,1-3H3/t13-/m0/s1. The fraction of sp³-hybridized carbons (Fsp3) is 0.529. The van der Waals surface area contributed by atoms with E-state index < -0.39 is 16.0 Å². The van der Waals surface area contributed by atoms with Crippen LogP contribution in [0.15, 0.2) is 29.2 Å². The first-order valence-electron chi connectivity index (χ1n) is 8.22. The van der Waals surface area contributed by atoms with Gasteiger partial charge in [-0.3, -0.25) is 4.79 Å². The molecule has 0 aromatic heterocycles. The number of rotatable bonds is 5. The minimum Gasteiger partial charge on any atom is -0.452 e. The van der Waals surface area contributed by atoms with Crippen molar-refractivity contribution >= 4 is 21.9 Å². The van der Waals surface area contributed by atoms with Gasteiger partial charge >= 0.3 is 5.97 Å². The molecule has 0 N–H and O–H groups in total. The number of amides is 1. The van der Waals surface area contributed by atoms with Gasteiger partial charge in [0.2, 0.25) is 10.0 Å². The Hall–Kier alpha value is -1.93. The maximum Gasteiger partial charge on any atom is 0.338 e. The molecule has 7 nitrogen and oxygen atoms in total. The van der Waals surface area contributed by atoms with Crippen molar-refractivity contribution in [3.63, 3.8) is 0 Å². The van der Waals surface area contributed by atoms with Crippen LogP contribution < -0.4 is 0 Å². The third kappa shape index (κ3) is 4.58. The average molecular weight is 368 g/mol. The van der Waals surface area contributed by atoms with Crippen LogP contribution in [0, 0.1) is 0 Å². The molecule has 1 amide bonds. The number of piperidine rings is 1. The van der Waals surface area contributed by atoms with Gasteiger partial charge in [0.15, 0.2) is 6.61 Å². The predicted molar refractivity (Wildman–Crippen MR) is 92.6 cm³/mol. The predicted octanol–water partition coefficient (Wildman–Crippen LogP) is 1.49. The van der Waals surface area contributed by atoms with Gasteiger partial charge in [0.05, 0.1) is 10.5 Å². The molecule has 138 valence electrons. The second-order valence-electron chi connectivity index (χ2n) is 6.35. The van der Waals surface area contributed by atoms with Crippen LogP contribution in [0.3, 0.4) is 0 Å². The number of likely N-dealkylation sites (N-methyl/N-ethyl adjacent to an activating group) is 1. The summed E-state index contributed by atoms with van der Waals surface area (Å²) in [6.07, 6.45) is 2.67. The summed E-state index contributed by atoms with van der Waals surface area (Å²) in [5.41, 5.74) is 0.109. The molecule has 8 heteroatoms. The highest BCUT2D eigenvalue weighted by atomic mass is 32.2. The molecule has 2 rings (SSSR count). The lowest BCUT2D eigenvalue weighted by atomic mass is 10.1. The molecule has 0 aliphatic carbocycles. The molecule has 25 heavy (non-hydrogen) atoms. The summed E-state index contributed by atoms with van der Waals surface area (Å²) >= 11 is 0. The summed E-state index contributed by atoms with van der Waals surface area (Å²) in [5, 5.41) is 0. The Labute approximate surface area is 148 Å². The van der Waals surface area contributed by atoms with Gasteiger partial charge in [0, 0.05) is 26.7 Å². The van der Waals surface area contributed by atoms with E-state index in [-0.39, 0.29) is 29.0 Å². The number of benzene rings is 1. The molecule has 1 aliphatic heterocycles. The van der Waals surface area contributed by atoms with Crippen LogP contribution in [0.5, 0.6) is 0 Å². The molecule has 1 aliphatic rings. The lowest BCUT2D eigenvalue weighted by Crippen LogP contribution is -2.41. The van der Waals surface area contributed by atoms with Gasteiger partial charge in [0.1, 0.15) is 0 Å². The molecular formula is C17H24N2O5S. The molecule has 0 bridgehead atoms. The number of carbonyl (C=O) groups excluding carboxylic acids is 2. The smallest absolute Gasteiger partial charge is 0.338 e. The number of hydrogen-bond donors (Lipinski definition) is 0. The fourth-order valence-corrected chi connectivity index (χ4v) is 4.43. The minimum absolute atomic E-state index is 0.0629. The SMILES string of the molecule is C[C@H]1CCCCN1S(=O)(=O)c1cccc(C(=O)OCC(=O)N(C)C)c1. The van der Waals surface area contributed by atoms with Crippen LogP contribution in [0.4, 0.5) is 0 Å². The topological polar surface area (TPSA) is 84.0 Å². The highest BCUT2D eigenvalue weighted by Crippen LogP contribution is 2.25. The zero-order valence-corrected chi connectivity index (χ0v) is 15.6. The van der Waals surface area contributed by atoms with E-state index in [1.807, 2.05) is 6.92 Å². The molecule has 0 spiro atoms. The zero-order valence-electron chi connectivity index (χ0n) is 14.8. The monoisotopic (exact) mass is 368 g/mol.